The first-order valence-electron chi connectivity index (χ1n) is 3.65. The van der Waals surface area contributed by atoms with E-state index in [1.54, 1.807) is 0 Å². The second-order valence-corrected chi connectivity index (χ2v) is 3.77. The van der Waals surface area contributed by atoms with Gasteiger partial charge in [0.25, 0.3) is 0 Å². The van der Waals surface area contributed by atoms with Crippen LogP contribution in [-0.2, 0) is 11.2 Å². The lowest BCUT2D eigenvalue weighted by atomic mass is 10.1. The van der Waals surface area contributed by atoms with Crippen LogP contribution in [0.15, 0.2) is 24.3 Å². The van der Waals surface area contributed by atoms with Crippen LogP contribution < -0.4 is 0 Å². The third-order valence-electron chi connectivity index (χ3n) is 1.54. The summed E-state index contributed by atoms with van der Waals surface area (Å²) in [5.41, 5.74) is 1.08. The molecule has 0 heterocycles. The largest absolute Gasteiger partial charge is 0.481 e. The molecule has 0 aromatic heterocycles. The normalized spacial score (nSPS) is 9.75. The standard InChI is InChI=1S/C9H9IO2/c10-8-4-1-7(2-5-8)3-6-9(11)12/h1-2,4-5H,3,6H2,(H,11,12)/i10+4. The molecule has 12 heavy (non-hydrogen) atoms. The minimum atomic E-state index is -0.742. The molecule has 3 heteroatoms. The number of carbonyl (C=O) groups is 1. The lowest BCUT2D eigenvalue weighted by molar-refractivity contribution is -0.136. The number of hydrogen-bond acceptors (Lipinski definition) is 1. The Morgan fingerprint density at radius 3 is 2.42 bits per heavy atom. The van der Waals surface area contributed by atoms with Crippen LogP contribution in [0.1, 0.15) is 12.0 Å². The summed E-state index contributed by atoms with van der Waals surface area (Å²) < 4.78 is 1.17. The van der Waals surface area contributed by atoms with Crippen molar-refractivity contribution in [1.29, 1.82) is 0 Å². The van der Waals surface area contributed by atoms with Crippen LogP contribution in [0.25, 0.3) is 0 Å². The number of benzene rings is 1. The van der Waals surface area contributed by atoms with Gasteiger partial charge in [0, 0.05) is 9.99 Å². The van der Waals surface area contributed by atoms with Crippen molar-refractivity contribution in [2.45, 2.75) is 12.8 Å². The van der Waals surface area contributed by atoms with Gasteiger partial charge in [-0.05, 0) is 46.7 Å². The molecule has 0 atom stereocenters. The van der Waals surface area contributed by atoms with Crippen molar-refractivity contribution >= 4 is 28.6 Å². The number of aryl methyl sites for hydroxylation is 1. The number of carboxylic acid groups (broad SMARTS) is 1. The molecule has 1 aromatic rings. The molecule has 1 rings (SSSR count). The number of aliphatic carboxylic acids is 1. The second-order valence-electron chi connectivity index (χ2n) is 2.52. The number of hydrogen-bond donors (Lipinski definition) is 1. The molecule has 1 N–H and O–H groups in total. The Balaban J connectivity index is 2.53. The smallest absolute Gasteiger partial charge is 0.303 e. The summed E-state index contributed by atoms with van der Waals surface area (Å²) in [6.07, 6.45) is 0.826. The van der Waals surface area contributed by atoms with Gasteiger partial charge in [0.1, 0.15) is 0 Å². The van der Waals surface area contributed by atoms with Crippen molar-refractivity contribution in [3.05, 3.63) is 33.4 Å². The predicted molar refractivity (Wildman–Crippen MR) is 55.1 cm³/mol. The van der Waals surface area contributed by atoms with Gasteiger partial charge in [-0.25, -0.2) is 0 Å². The molecular weight excluding hydrogens is 271 g/mol. The van der Waals surface area contributed by atoms with E-state index in [9.17, 15) is 4.79 Å². The first-order chi connectivity index (χ1) is 5.68. The maximum atomic E-state index is 10.2. The fourth-order valence-electron chi connectivity index (χ4n) is 0.902. The van der Waals surface area contributed by atoms with E-state index in [0.29, 0.717) is 6.42 Å². The van der Waals surface area contributed by atoms with Gasteiger partial charge in [0.2, 0.25) is 0 Å². The summed E-state index contributed by atoms with van der Waals surface area (Å²) in [6, 6.07) is 7.89. The third kappa shape index (κ3) is 3.21. The van der Waals surface area contributed by atoms with Crippen molar-refractivity contribution in [2.24, 2.45) is 0 Å². The van der Waals surface area contributed by atoms with Gasteiger partial charge < -0.3 is 5.11 Å². The zero-order valence-electron chi connectivity index (χ0n) is 6.46. The van der Waals surface area contributed by atoms with Gasteiger partial charge in [-0.2, -0.15) is 0 Å². The van der Waals surface area contributed by atoms with Crippen LogP contribution in [-0.4, -0.2) is 11.1 Å². The highest BCUT2D eigenvalue weighted by Gasteiger charge is 1.97. The quantitative estimate of drug-likeness (QED) is 0.863. The minimum Gasteiger partial charge on any atom is -0.481 e. The Hall–Kier alpha value is -0.580. The summed E-state index contributed by atoms with van der Waals surface area (Å²) >= 11 is 2.22. The van der Waals surface area contributed by atoms with Gasteiger partial charge in [-0.15, -0.1) is 0 Å². The lowest BCUT2D eigenvalue weighted by Gasteiger charge is -1.97. The van der Waals surface area contributed by atoms with Gasteiger partial charge >= 0.3 is 5.97 Å². The molecule has 0 saturated carbocycles. The summed E-state index contributed by atoms with van der Waals surface area (Å²) in [5, 5.41) is 8.43. The van der Waals surface area contributed by atoms with Crippen molar-refractivity contribution < 1.29 is 9.90 Å². The summed E-state index contributed by atoms with van der Waals surface area (Å²) in [5.74, 6) is -0.742. The molecule has 0 radical (unpaired) electrons. The van der Waals surface area contributed by atoms with E-state index >= 15 is 0 Å². The van der Waals surface area contributed by atoms with Gasteiger partial charge in [0.05, 0.1) is 0 Å². The molecule has 0 fully saturated rings. The highest BCUT2D eigenvalue weighted by molar-refractivity contribution is 14.1. The highest BCUT2D eigenvalue weighted by atomic mass is 131. The highest BCUT2D eigenvalue weighted by Crippen LogP contribution is 2.08. The molecular formula is C9H9IO2. The number of carboxylic acids is 1. The van der Waals surface area contributed by atoms with Crippen molar-refractivity contribution in [1.82, 2.24) is 0 Å². The zero-order chi connectivity index (χ0) is 8.97. The first-order valence-corrected chi connectivity index (χ1v) is 4.72. The van der Waals surface area contributed by atoms with Crippen LogP contribution in [0, 0.1) is 3.57 Å². The predicted octanol–water partition coefficient (Wildman–Crippen LogP) is 2.31. The van der Waals surface area contributed by atoms with E-state index in [1.807, 2.05) is 24.3 Å². The van der Waals surface area contributed by atoms with Gasteiger partial charge in [-0.3, -0.25) is 4.79 Å². The molecule has 1 aromatic carbocycles. The molecule has 0 bridgehead atoms. The Labute approximate surface area is 84.7 Å². The Morgan fingerprint density at radius 2 is 1.92 bits per heavy atom. The van der Waals surface area contributed by atoms with Crippen LogP contribution in [0.2, 0.25) is 0 Å². The third-order valence-corrected chi connectivity index (χ3v) is 2.26. The lowest BCUT2D eigenvalue weighted by Crippen LogP contribution is -1.97. The Kier molecular flexibility index (Phi) is 3.52. The molecule has 0 spiro atoms. The van der Waals surface area contributed by atoms with Crippen molar-refractivity contribution in [3.8, 4) is 0 Å². The van der Waals surface area contributed by atoms with Gasteiger partial charge in [0.15, 0.2) is 0 Å². The summed E-state index contributed by atoms with van der Waals surface area (Å²) in [6.45, 7) is 0. The molecule has 64 valence electrons. The number of halogens is 1. The van der Waals surface area contributed by atoms with Crippen LogP contribution in [0.3, 0.4) is 0 Å². The molecule has 0 unspecified atom stereocenters. The SMILES string of the molecule is O=C(O)CCc1ccc([131I])cc1. The first kappa shape index (κ1) is 9.51. The molecule has 0 aliphatic heterocycles. The molecule has 0 saturated heterocycles. The summed E-state index contributed by atoms with van der Waals surface area (Å²) in [7, 11) is 0. The molecule has 0 aliphatic carbocycles. The van der Waals surface area contributed by atoms with Crippen molar-refractivity contribution in [3.63, 3.8) is 0 Å². The summed E-state index contributed by atoms with van der Waals surface area (Å²) in [4.78, 5) is 10.2. The van der Waals surface area contributed by atoms with E-state index in [2.05, 4.69) is 22.6 Å². The second kappa shape index (κ2) is 4.45. The van der Waals surface area contributed by atoms with E-state index in [4.69, 9.17) is 5.11 Å². The van der Waals surface area contributed by atoms with Gasteiger partial charge in [-0.1, -0.05) is 12.1 Å². The minimum absolute atomic E-state index is 0.209. The number of rotatable bonds is 3. The van der Waals surface area contributed by atoms with Crippen LogP contribution >= 0.6 is 22.6 Å². The van der Waals surface area contributed by atoms with E-state index < -0.39 is 5.97 Å². The topological polar surface area (TPSA) is 37.3 Å². The average Bonchev–Trinajstić information content (AvgIpc) is 2.03. The maximum Gasteiger partial charge on any atom is 0.303 e. The molecule has 2 nitrogen and oxygen atoms in total. The fourth-order valence-corrected chi connectivity index (χ4v) is 1.26. The van der Waals surface area contributed by atoms with E-state index in [-0.39, 0.29) is 6.42 Å². The Morgan fingerprint density at radius 1 is 1.33 bits per heavy atom. The monoisotopic (exact) mass is 280 g/mol. The Bertz CT molecular complexity index is 266. The molecule has 0 aliphatic rings. The van der Waals surface area contributed by atoms with E-state index in [1.165, 1.54) is 3.57 Å². The van der Waals surface area contributed by atoms with Crippen molar-refractivity contribution in [2.75, 3.05) is 0 Å². The fraction of sp³-hybridized carbons (Fsp3) is 0.222. The molecule has 0 amide bonds. The average molecular weight is 280 g/mol. The van der Waals surface area contributed by atoms with Crippen LogP contribution in [0.4, 0.5) is 0 Å². The maximum absolute atomic E-state index is 10.2. The van der Waals surface area contributed by atoms with E-state index in [0.717, 1.165) is 5.56 Å². The van der Waals surface area contributed by atoms with Crippen LogP contribution in [0.5, 0.6) is 0 Å². The zero-order valence-corrected chi connectivity index (χ0v) is 8.61.